The second kappa shape index (κ2) is 9.22. The van der Waals surface area contributed by atoms with Crippen LogP contribution >= 0.6 is 0 Å². The lowest BCUT2D eigenvalue weighted by atomic mass is 10.1. The molecule has 134 valence electrons. The van der Waals surface area contributed by atoms with Crippen molar-refractivity contribution in [2.45, 2.75) is 6.92 Å². The predicted molar refractivity (Wildman–Crippen MR) is 104 cm³/mol. The molecule has 0 saturated carbocycles. The summed E-state index contributed by atoms with van der Waals surface area (Å²) in [7, 11) is 0. The van der Waals surface area contributed by atoms with E-state index in [1.165, 1.54) is 0 Å². The third-order valence-electron chi connectivity index (χ3n) is 3.41. The van der Waals surface area contributed by atoms with Crippen molar-refractivity contribution in [2.75, 3.05) is 18.5 Å². The van der Waals surface area contributed by atoms with Crippen LogP contribution in [0.25, 0.3) is 0 Å². The van der Waals surface area contributed by atoms with Gasteiger partial charge in [0.1, 0.15) is 12.4 Å². The monoisotopic (exact) mass is 350 g/mol. The van der Waals surface area contributed by atoms with Crippen LogP contribution in [0.5, 0.6) is 5.75 Å². The van der Waals surface area contributed by atoms with Crippen molar-refractivity contribution in [1.82, 2.24) is 5.32 Å². The molecule has 2 aromatic rings. The highest BCUT2D eigenvalue weighted by molar-refractivity contribution is 6.09. The van der Waals surface area contributed by atoms with Crippen molar-refractivity contribution < 1.29 is 14.3 Å². The molecule has 26 heavy (non-hydrogen) atoms. The summed E-state index contributed by atoms with van der Waals surface area (Å²) in [5.74, 6) is -0.0215. The van der Waals surface area contributed by atoms with Gasteiger partial charge < -0.3 is 15.4 Å². The Morgan fingerprint density at radius 2 is 1.88 bits per heavy atom. The number of nitrogens with one attached hydrogen (secondary N) is 2. The number of carbonyl (C=O) groups excluding carboxylic acids is 2. The van der Waals surface area contributed by atoms with Gasteiger partial charge in [-0.3, -0.25) is 9.59 Å². The van der Waals surface area contributed by atoms with Gasteiger partial charge in [0.25, 0.3) is 11.8 Å². The minimum absolute atomic E-state index is 0.278. The van der Waals surface area contributed by atoms with Gasteiger partial charge in [-0.15, -0.1) is 6.58 Å². The highest BCUT2D eigenvalue weighted by Crippen LogP contribution is 2.19. The molecule has 0 unspecified atom stereocenters. The van der Waals surface area contributed by atoms with Gasteiger partial charge in [-0.25, -0.2) is 0 Å². The normalized spacial score (nSPS) is 9.88. The fourth-order valence-corrected chi connectivity index (χ4v) is 2.18. The molecule has 5 heteroatoms. The van der Waals surface area contributed by atoms with Gasteiger partial charge >= 0.3 is 0 Å². The number of carbonyl (C=O) groups is 2. The van der Waals surface area contributed by atoms with E-state index in [4.69, 9.17) is 4.74 Å². The molecule has 0 bridgehead atoms. The van der Waals surface area contributed by atoms with Gasteiger partial charge in [0.15, 0.2) is 0 Å². The van der Waals surface area contributed by atoms with Crippen molar-refractivity contribution in [3.8, 4) is 5.75 Å². The fourth-order valence-electron chi connectivity index (χ4n) is 2.18. The van der Waals surface area contributed by atoms with Gasteiger partial charge in [-0.1, -0.05) is 30.9 Å². The van der Waals surface area contributed by atoms with Crippen LogP contribution in [0.1, 0.15) is 27.6 Å². The molecule has 0 heterocycles. The number of anilines is 1. The third kappa shape index (κ3) is 5.34. The van der Waals surface area contributed by atoms with Crippen molar-refractivity contribution in [3.63, 3.8) is 0 Å². The Bertz CT molecular complexity index is 828. The number of benzene rings is 2. The van der Waals surface area contributed by atoms with Crippen molar-refractivity contribution in [1.29, 1.82) is 0 Å². The smallest absolute Gasteiger partial charge is 0.255 e. The number of hydrogen-bond acceptors (Lipinski definition) is 3. The van der Waals surface area contributed by atoms with Crippen LogP contribution in [0.2, 0.25) is 0 Å². The van der Waals surface area contributed by atoms with Gasteiger partial charge in [-0.05, 0) is 42.8 Å². The Morgan fingerprint density at radius 1 is 1.12 bits per heavy atom. The van der Waals surface area contributed by atoms with Crippen LogP contribution in [0.15, 0.2) is 73.3 Å². The Hall–Kier alpha value is -3.34. The maximum atomic E-state index is 12.6. The molecule has 2 rings (SSSR count). The number of ether oxygens (including phenoxy) is 1. The first-order valence-corrected chi connectivity index (χ1v) is 8.18. The van der Waals surface area contributed by atoms with Crippen molar-refractivity contribution in [2.24, 2.45) is 0 Å². The first-order chi connectivity index (χ1) is 12.5. The highest BCUT2D eigenvalue weighted by Gasteiger charge is 2.14. The first kappa shape index (κ1) is 19.0. The molecule has 0 fully saturated rings. The molecule has 0 atom stereocenters. The summed E-state index contributed by atoms with van der Waals surface area (Å²) in [6, 6.07) is 13.7. The van der Waals surface area contributed by atoms with Gasteiger partial charge in [0, 0.05) is 12.1 Å². The number of rotatable bonds is 8. The average Bonchev–Trinajstić information content (AvgIpc) is 2.65. The minimum Gasteiger partial charge on any atom is -0.489 e. The van der Waals surface area contributed by atoms with Crippen LogP contribution in [0.3, 0.4) is 0 Å². The Kier molecular flexibility index (Phi) is 6.74. The van der Waals surface area contributed by atoms with Crippen LogP contribution in [-0.2, 0) is 0 Å². The maximum absolute atomic E-state index is 12.6. The van der Waals surface area contributed by atoms with Crippen LogP contribution in [-0.4, -0.2) is 25.0 Å². The predicted octanol–water partition coefficient (Wildman–Crippen LogP) is 3.81. The van der Waals surface area contributed by atoms with E-state index < -0.39 is 0 Å². The molecule has 2 aromatic carbocycles. The molecule has 0 aliphatic heterocycles. The zero-order chi connectivity index (χ0) is 18.9. The molecule has 0 aliphatic carbocycles. The lowest BCUT2D eigenvalue weighted by molar-refractivity contribution is 0.0959. The number of amides is 2. The molecule has 0 aliphatic rings. The Labute approximate surface area is 153 Å². The van der Waals surface area contributed by atoms with E-state index in [0.29, 0.717) is 35.7 Å². The summed E-state index contributed by atoms with van der Waals surface area (Å²) < 4.78 is 5.56. The third-order valence-corrected chi connectivity index (χ3v) is 3.41. The summed E-state index contributed by atoms with van der Waals surface area (Å²) in [4.78, 5) is 24.8. The molecular formula is C21H22N2O3. The maximum Gasteiger partial charge on any atom is 0.255 e. The quantitative estimate of drug-likeness (QED) is 0.712. The van der Waals surface area contributed by atoms with Crippen LogP contribution in [0.4, 0.5) is 5.69 Å². The van der Waals surface area contributed by atoms with E-state index in [1.54, 1.807) is 54.6 Å². The van der Waals surface area contributed by atoms with Crippen LogP contribution < -0.4 is 15.4 Å². The zero-order valence-electron chi connectivity index (χ0n) is 14.7. The molecule has 5 nitrogen and oxygen atoms in total. The molecule has 0 radical (unpaired) electrons. The van der Waals surface area contributed by atoms with E-state index in [1.807, 2.05) is 6.92 Å². The van der Waals surface area contributed by atoms with E-state index in [2.05, 4.69) is 23.8 Å². The summed E-state index contributed by atoms with van der Waals surface area (Å²) in [5.41, 5.74) is 2.15. The number of hydrogen-bond donors (Lipinski definition) is 2. The fraction of sp³-hybridized carbons (Fsp3) is 0.143. The summed E-state index contributed by atoms with van der Waals surface area (Å²) in [6.07, 6.45) is 1.59. The second-order valence-electron chi connectivity index (χ2n) is 5.77. The molecule has 0 spiro atoms. The average molecular weight is 350 g/mol. The summed E-state index contributed by atoms with van der Waals surface area (Å²) >= 11 is 0. The van der Waals surface area contributed by atoms with E-state index >= 15 is 0 Å². The highest BCUT2D eigenvalue weighted by atomic mass is 16.5. The zero-order valence-corrected chi connectivity index (χ0v) is 14.7. The van der Waals surface area contributed by atoms with E-state index in [-0.39, 0.29) is 11.8 Å². The molecule has 2 N–H and O–H groups in total. The van der Waals surface area contributed by atoms with Gasteiger partial charge in [-0.2, -0.15) is 0 Å². The lowest BCUT2D eigenvalue weighted by Gasteiger charge is -2.12. The van der Waals surface area contributed by atoms with Crippen molar-refractivity contribution >= 4 is 17.5 Å². The van der Waals surface area contributed by atoms with Crippen molar-refractivity contribution in [3.05, 3.63) is 84.5 Å². The summed E-state index contributed by atoms with van der Waals surface area (Å²) in [5, 5.41) is 5.48. The molecule has 2 amide bonds. The van der Waals surface area contributed by atoms with Crippen LogP contribution in [0, 0.1) is 0 Å². The van der Waals surface area contributed by atoms with Gasteiger partial charge in [0.2, 0.25) is 0 Å². The topological polar surface area (TPSA) is 67.4 Å². The molecule has 0 saturated heterocycles. The SMILES string of the molecule is C=CCNC(=O)c1ccccc1NC(=O)c1cccc(OCC(=C)C)c1. The second-order valence-corrected chi connectivity index (χ2v) is 5.77. The lowest BCUT2D eigenvalue weighted by Crippen LogP contribution is -2.25. The van der Waals surface area contributed by atoms with E-state index in [0.717, 1.165) is 5.57 Å². The summed E-state index contributed by atoms with van der Waals surface area (Å²) in [6.45, 7) is 9.95. The standard InChI is InChI=1S/C21H22N2O3/c1-4-12-22-21(25)18-10-5-6-11-19(18)23-20(24)16-8-7-9-17(13-16)26-14-15(2)3/h4-11,13H,1-2,12,14H2,3H3,(H,22,25)(H,23,24). The number of para-hydroxylation sites is 1. The first-order valence-electron chi connectivity index (χ1n) is 8.18. The Morgan fingerprint density at radius 3 is 2.62 bits per heavy atom. The van der Waals surface area contributed by atoms with Gasteiger partial charge in [0.05, 0.1) is 11.3 Å². The van der Waals surface area contributed by atoms with E-state index in [9.17, 15) is 9.59 Å². The minimum atomic E-state index is -0.324. The molecular weight excluding hydrogens is 328 g/mol. The molecule has 0 aromatic heterocycles. The Balaban J connectivity index is 2.15. The largest absolute Gasteiger partial charge is 0.489 e.